The molecule has 0 aliphatic heterocycles. The van der Waals surface area contributed by atoms with E-state index in [9.17, 15) is 8.78 Å². The zero-order chi connectivity index (χ0) is 17.5. The molecule has 2 saturated carbocycles. The molecule has 0 atom stereocenters. The second kappa shape index (κ2) is 9.21. The maximum Gasteiger partial charge on any atom is 0.204 e. The summed E-state index contributed by atoms with van der Waals surface area (Å²) in [4.78, 5) is 0. The highest BCUT2D eigenvalue weighted by molar-refractivity contribution is 5.35. The quantitative estimate of drug-likeness (QED) is 0.399. The van der Waals surface area contributed by atoms with E-state index in [4.69, 9.17) is 9.47 Å². The maximum absolute atomic E-state index is 14.1. The summed E-state index contributed by atoms with van der Waals surface area (Å²) < 4.78 is 38.9. The second-order valence-electron chi connectivity index (χ2n) is 7.26. The Kier molecular flexibility index (Phi) is 6.71. The molecule has 0 aromatic heterocycles. The van der Waals surface area contributed by atoms with Crippen LogP contribution in [0.3, 0.4) is 0 Å². The van der Waals surface area contributed by atoms with Gasteiger partial charge in [0.15, 0.2) is 11.5 Å². The summed E-state index contributed by atoms with van der Waals surface area (Å²) in [5, 5.41) is 0. The molecule has 0 N–H and O–H groups in total. The van der Waals surface area contributed by atoms with E-state index in [-0.39, 0.29) is 18.1 Å². The van der Waals surface area contributed by atoms with E-state index in [1.165, 1.54) is 57.1 Å². The van der Waals surface area contributed by atoms with Crippen LogP contribution in [-0.4, -0.2) is 13.2 Å². The van der Waals surface area contributed by atoms with E-state index in [0.717, 1.165) is 18.8 Å². The van der Waals surface area contributed by atoms with Crippen LogP contribution in [0.5, 0.6) is 11.5 Å². The van der Waals surface area contributed by atoms with Crippen LogP contribution in [0.25, 0.3) is 0 Å². The zero-order valence-electron chi connectivity index (χ0n) is 14.8. The van der Waals surface area contributed by atoms with Crippen LogP contribution in [0.2, 0.25) is 0 Å². The third kappa shape index (κ3) is 5.20. The lowest BCUT2D eigenvalue weighted by molar-refractivity contribution is 0.270. The van der Waals surface area contributed by atoms with E-state index in [1.807, 2.05) is 6.08 Å². The smallest absolute Gasteiger partial charge is 0.204 e. The fourth-order valence-corrected chi connectivity index (χ4v) is 3.61. The van der Waals surface area contributed by atoms with Crippen molar-refractivity contribution in [3.8, 4) is 11.5 Å². The van der Waals surface area contributed by atoms with Crippen LogP contribution in [0.1, 0.15) is 57.8 Å². The largest absolute Gasteiger partial charge is 0.490 e. The lowest BCUT2D eigenvalue weighted by Gasteiger charge is -2.21. The molecular weight excluding hydrogens is 322 g/mol. The molecule has 0 unspecified atom stereocenters. The molecule has 0 amide bonds. The minimum absolute atomic E-state index is 0.0266. The molecule has 1 aromatic carbocycles. The molecular formula is C21H28F2O2. The molecule has 2 fully saturated rings. The van der Waals surface area contributed by atoms with Crippen molar-refractivity contribution in [2.45, 2.75) is 57.8 Å². The Morgan fingerprint density at radius 1 is 0.920 bits per heavy atom. The Balaban J connectivity index is 1.43. The van der Waals surface area contributed by atoms with Gasteiger partial charge in [-0.3, -0.25) is 0 Å². The van der Waals surface area contributed by atoms with E-state index in [0.29, 0.717) is 12.5 Å². The number of hydrogen-bond donors (Lipinski definition) is 0. The minimum atomic E-state index is -0.967. The average Bonchev–Trinajstić information content (AvgIpc) is 3.08. The van der Waals surface area contributed by atoms with Gasteiger partial charge in [-0.05, 0) is 49.7 Å². The molecule has 0 spiro atoms. The highest BCUT2D eigenvalue weighted by Crippen LogP contribution is 2.30. The molecule has 0 heterocycles. The molecule has 0 saturated heterocycles. The summed E-state index contributed by atoms with van der Waals surface area (Å²) in [6.07, 6.45) is 14.9. The first kappa shape index (κ1) is 18.2. The standard InChI is InChI=1S/C21H28F2O2/c22-20-18(24-14-4-10-16-6-1-2-7-16)12-13-19(21(20)23)25-15-5-11-17-8-3-9-17/h5,11-13,16-17H,1-4,6-10,14-15H2/b11-5+. The molecule has 25 heavy (non-hydrogen) atoms. The predicted octanol–water partition coefficient (Wildman–Crippen LogP) is 6.05. The summed E-state index contributed by atoms with van der Waals surface area (Å²) in [6, 6.07) is 2.90. The van der Waals surface area contributed by atoms with Gasteiger partial charge in [0.2, 0.25) is 11.6 Å². The maximum atomic E-state index is 14.1. The number of allylic oxidation sites excluding steroid dienone is 1. The fraction of sp³-hybridized carbons (Fsp3) is 0.619. The van der Waals surface area contributed by atoms with Crippen LogP contribution in [0.4, 0.5) is 8.78 Å². The van der Waals surface area contributed by atoms with E-state index < -0.39 is 11.6 Å². The van der Waals surface area contributed by atoms with Gasteiger partial charge in [-0.2, -0.15) is 8.78 Å². The molecule has 2 aliphatic carbocycles. The number of ether oxygens (including phenoxy) is 2. The van der Waals surface area contributed by atoms with Crippen molar-refractivity contribution < 1.29 is 18.3 Å². The van der Waals surface area contributed by atoms with Gasteiger partial charge in [0.25, 0.3) is 0 Å². The first-order valence-electron chi connectivity index (χ1n) is 9.64. The minimum Gasteiger partial charge on any atom is -0.490 e. The van der Waals surface area contributed by atoms with Crippen molar-refractivity contribution in [3.05, 3.63) is 35.9 Å². The van der Waals surface area contributed by atoms with Gasteiger partial charge in [-0.1, -0.05) is 44.3 Å². The highest BCUT2D eigenvalue weighted by atomic mass is 19.2. The van der Waals surface area contributed by atoms with Crippen molar-refractivity contribution in [3.63, 3.8) is 0 Å². The number of benzene rings is 1. The fourth-order valence-electron chi connectivity index (χ4n) is 3.61. The highest BCUT2D eigenvalue weighted by Gasteiger charge is 2.17. The normalized spacial score (nSPS) is 18.6. The van der Waals surface area contributed by atoms with Gasteiger partial charge >= 0.3 is 0 Å². The van der Waals surface area contributed by atoms with Crippen LogP contribution >= 0.6 is 0 Å². The lowest BCUT2D eigenvalue weighted by atomic mass is 9.85. The Labute approximate surface area is 149 Å². The summed E-state index contributed by atoms with van der Waals surface area (Å²) in [5.74, 6) is -0.596. The van der Waals surface area contributed by atoms with Gasteiger partial charge in [0, 0.05) is 0 Å². The Bertz CT molecular complexity index is 576. The molecule has 1 aromatic rings. The average molecular weight is 350 g/mol. The third-order valence-corrected chi connectivity index (χ3v) is 5.39. The second-order valence-corrected chi connectivity index (χ2v) is 7.26. The number of hydrogen-bond acceptors (Lipinski definition) is 2. The Morgan fingerprint density at radius 2 is 1.60 bits per heavy atom. The van der Waals surface area contributed by atoms with E-state index in [1.54, 1.807) is 0 Å². The van der Waals surface area contributed by atoms with Crippen LogP contribution in [0.15, 0.2) is 24.3 Å². The van der Waals surface area contributed by atoms with E-state index >= 15 is 0 Å². The van der Waals surface area contributed by atoms with Crippen molar-refractivity contribution in [1.82, 2.24) is 0 Å². The van der Waals surface area contributed by atoms with Gasteiger partial charge < -0.3 is 9.47 Å². The van der Waals surface area contributed by atoms with E-state index in [2.05, 4.69) is 6.08 Å². The summed E-state index contributed by atoms with van der Waals surface area (Å²) in [6.45, 7) is 0.686. The SMILES string of the molecule is Fc1c(OC/C=C/C2CCC2)ccc(OCCCC2CCCC2)c1F. The molecule has 138 valence electrons. The molecule has 4 heteroatoms. The van der Waals surface area contributed by atoms with Gasteiger partial charge in [-0.25, -0.2) is 0 Å². The molecule has 2 aliphatic rings. The predicted molar refractivity (Wildman–Crippen MR) is 95.0 cm³/mol. The van der Waals surface area contributed by atoms with Crippen LogP contribution in [-0.2, 0) is 0 Å². The molecule has 2 nitrogen and oxygen atoms in total. The molecule has 0 radical (unpaired) electrons. The number of rotatable bonds is 9. The number of halogens is 2. The topological polar surface area (TPSA) is 18.5 Å². The van der Waals surface area contributed by atoms with Gasteiger partial charge in [0.1, 0.15) is 6.61 Å². The van der Waals surface area contributed by atoms with Crippen molar-refractivity contribution in [2.75, 3.05) is 13.2 Å². The first-order chi connectivity index (χ1) is 12.2. The summed E-state index contributed by atoms with van der Waals surface area (Å²) in [5.41, 5.74) is 0. The summed E-state index contributed by atoms with van der Waals surface area (Å²) in [7, 11) is 0. The van der Waals surface area contributed by atoms with Gasteiger partial charge in [-0.15, -0.1) is 0 Å². The van der Waals surface area contributed by atoms with Crippen molar-refractivity contribution >= 4 is 0 Å². The monoisotopic (exact) mass is 350 g/mol. The zero-order valence-corrected chi connectivity index (χ0v) is 14.8. The molecule has 3 rings (SSSR count). The first-order valence-corrected chi connectivity index (χ1v) is 9.64. The summed E-state index contributed by atoms with van der Waals surface area (Å²) >= 11 is 0. The van der Waals surface area contributed by atoms with Crippen molar-refractivity contribution in [2.24, 2.45) is 11.8 Å². The van der Waals surface area contributed by atoms with Crippen LogP contribution < -0.4 is 9.47 Å². The Hall–Kier alpha value is -1.58. The Morgan fingerprint density at radius 3 is 2.24 bits per heavy atom. The van der Waals surface area contributed by atoms with Crippen molar-refractivity contribution in [1.29, 1.82) is 0 Å². The molecule has 0 bridgehead atoms. The van der Waals surface area contributed by atoms with Gasteiger partial charge in [0.05, 0.1) is 6.61 Å². The lowest BCUT2D eigenvalue weighted by Crippen LogP contribution is -2.08. The third-order valence-electron chi connectivity index (χ3n) is 5.39. The van der Waals surface area contributed by atoms with Crippen LogP contribution in [0, 0.1) is 23.5 Å².